The lowest BCUT2D eigenvalue weighted by atomic mass is 9.82. The first kappa shape index (κ1) is 35.7. The van der Waals surface area contributed by atoms with E-state index in [1.807, 2.05) is 98.9 Å². The number of benzene rings is 4. The topological polar surface area (TPSA) is 111 Å². The third kappa shape index (κ3) is 6.01. The molecule has 0 radical (unpaired) electrons. The van der Waals surface area contributed by atoms with Gasteiger partial charge in [-0.25, -0.2) is 0 Å². The van der Waals surface area contributed by atoms with Gasteiger partial charge in [0.05, 0.1) is 43.1 Å². The molecule has 11 heteroatoms. The Bertz CT molecular complexity index is 2120. The molecule has 9 nitrogen and oxygen atoms in total. The molecule has 0 aromatic heterocycles. The van der Waals surface area contributed by atoms with Crippen molar-refractivity contribution in [3.63, 3.8) is 0 Å². The van der Waals surface area contributed by atoms with Crippen LogP contribution in [-0.4, -0.2) is 59.6 Å². The fourth-order valence-electron chi connectivity index (χ4n) is 9.43. The second kappa shape index (κ2) is 13.5. The number of rotatable bonds is 7. The first-order valence-electron chi connectivity index (χ1n) is 18.4. The summed E-state index contributed by atoms with van der Waals surface area (Å²) in [5.41, 5.74) is 5.04. The van der Waals surface area contributed by atoms with Gasteiger partial charge in [-0.3, -0.25) is 19.3 Å². The number of halogens is 1. The highest BCUT2D eigenvalue weighted by molar-refractivity contribution is 6.71. The Morgan fingerprint density at radius 3 is 2.42 bits per heavy atom. The number of aliphatic hydroxyl groups excluding tert-OH is 1. The lowest BCUT2D eigenvalue weighted by Gasteiger charge is -2.37. The predicted molar refractivity (Wildman–Crippen MR) is 206 cm³/mol. The van der Waals surface area contributed by atoms with Gasteiger partial charge in [0.15, 0.2) is 13.9 Å². The van der Waals surface area contributed by atoms with E-state index in [-0.39, 0.29) is 43.3 Å². The van der Waals surface area contributed by atoms with Gasteiger partial charge in [0.25, 0.3) is 5.91 Å². The number of nitrogens with zero attached hydrogens (tertiary/aromatic N) is 3. The zero-order chi connectivity index (χ0) is 37.2. The second-order valence-electron chi connectivity index (χ2n) is 15.5. The van der Waals surface area contributed by atoms with E-state index in [0.29, 0.717) is 42.1 Å². The molecule has 3 amide bonds. The molecule has 0 aliphatic carbocycles. The minimum atomic E-state index is -3.05. The van der Waals surface area contributed by atoms with Crippen molar-refractivity contribution in [1.82, 2.24) is 4.90 Å². The van der Waals surface area contributed by atoms with Gasteiger partial charge in [0.2, 0.25) is 11.8 Å². The summed E-state index contributed by atoms with van der Waals surface area (Å²) in [6, 6.07) is 28.6. The van der Waals surface area contributed by atoms with Crippen LogP contribution < -0.4 is 9.80 Å². The van der Waals surface area contributed by atoms with Crippen LogP contribution in [0.2, 0.25) is 23.7 Å². The van der Waals surface area contributed by atoms with Crippen LogP contribution in [0, 0.1) is 5.92 Å². The van der Waals surface area contributed by atoms with Crippen molar-refractivity contribution < 1.29 is 29.0 Å². The highest BCUT2D eigenvalue weighted by Crippen LogP contribution is 2.60. The molecule has 5 atom stereocenters. The van der Waals surface area contributed by atoms with Gasteiger partial charge < -0.3 is 24.4 Å². The standard InChI is InChI=1S/C42H44ClN3O6Si/c1-26-40(53(2,3)51)37(22-39(49)44-24-30-12-5-4-11-29(30)20-33(44)25-47)52-42(26)34-21-31(43)16-17-36(34)45(41(42)50)23-27-9-8-13-32(19-27)46-35-14-7-6-10-28(35)15-18-38(46)48/h4-14,16-17,19,21,26,33,37,40,47,51H,15,18,20,22-25H2,1-3H3/t26-,33-,37+,40-,42+/m0/s1. The van der Waals surface area contributed by atoms with Crippen LogP contribution >= 0.6 is 11.6 Å². The van der Waals surface area contributed by atoms with Crippen LogP contribution in [0.25, 0.3) is 0 Å². The van der Waals surface area contributed by atoms with Crippen LogP contribution in [0.3, 0.4) is 0 Å². The molecule has 1 fully saturated rings. The Balaban J connectivity index is 1.12. The van der Waals surface area contributed by atoms with E-state index in [1.165, 1.54) is 0 Å². The number of aliphatic hydroxyl groups is 1. The Hall–Kier alpha value is -4.32. The Kier molecular flexibility index (Phi) is 9.10. The summed E-state index contributed by atoms with van der Waals surface area (Å²) in [6.07, 6.45) is 0.876. The van der Waals surface area contributed by atoms with E-state index in [0.717, 1.165) is 33.6 Å². The minimum Gasteiger partial charge on any atom is -0.432 e. The molecule has 4 aliphatic heterocycles. The molecule has 4 aliphatic rings. The quantitative estimate of drug-likeness (QED) is 0.205. The fraction of sp³-hybridized carbons (Fsp3) is 0.357. The van der Waals surface area contributed by atoms with E-state index < -0.39 is 31.5 Å². The normalized spacial score (nSPS) is 25.1. The van der Waals surface area contributed by atoms with Crippen LogP contribution in [0.15, 0.2) is 91.0 Å². The third-order valence-corrected chi connectivity index (χ3v) is 14.5. The molecule has 4 heterocycles. The van der Waals surface area contributed by atoms with E-state index in [4.69, 9.17) is 16.3 Å². The summed E-state index contributed by atoms with van der Waals surface area (Å²) in [5.74, 6) is -0.918. The van der Waals surface area contributed by atoms with Crippen LogP contribution in [0.1, 0.15) is 47.6 Å². The number of anilines is 3. The summed E-state index contributed by atoms with van der Waals surface area (Å²) >= 11 is 6.62. The molecule has 274 valence electrons. The van der Waals surface area contributed by atoms with Crippen molar-refractivity contribution in [3.8, 4) is 0 Å². The lowest BCUT2D eigenvalue weighted by molar-refractivity contribution is -0.151. The monoisotopic (exact) mass is 749 g/mol. The van der Waals surface area contributed by atoms with Crippen molar-refractivity contribution in [3.05, 3.63) is 124 Å². The number of ether oxygens (including phenoxy) is 1. The van der Waals surface area contributed by atoms with Crippen LogP contribution in [0.4, 0.5) is 17.1 Å². The molecule has 0 unspecified atom stereocenters. The molecule has 0 bridgehead atoms. The SMILES string of the molecule is C[C@H]1[C@H]([Si](C)(C)O)[C@@H](CC(=O)N2Cc3ccccc3C[C@H]2CO)O[C@]12C(=O)N(Cc1cccc(N3C(=O)CCc4ccccc43)c1)c1ccc(Cl)cc12. The molecule has 0 saturated carbocycles. The summed E-state index contributed by atoms with van der Waals surface area (Å²) < 4.78 is 6.96. The number of hydrogen-bond acceptors (Lipinski definition) is 6. The number of aryl methyl sites for hydroxylation is 1. The van der Waals surface area contributed by atoms with E-state index in [1.54, 1.807) is 26.8 Å². The molecule has 1 saturated heterocycles. The van der Waals surface area contributed by atoms with Crippen molar-refractivity contribution in [2.75, 3.05) is 16.4 Å². The number of fused-ring (bicyclic) bond motifs is 4. The smallest absolute Gasteiger partial charge is 0.264 e. The number of carbonyl (C=O) groups is 3. The molecular weight excluding hydrogens is 706 g/mol. The lowest BCUT2D eigenvalue weighted by Crippen LogP contribution is -2.48. The molecular formula is C42H44ClN3O6Si. The number of amides is 3. The Morgan fingerprint density at radius 1 is 0.925 bits per heavy atom. The maximum absolute atomic E-state index is 15.1. The average molecular weight is 750 g/mol. The second-order valence-corrected chi connectivity index (χ2v) is 19.9. The number of carbonyl (C=O) groups excluding carboxylic acids is 3. The summed E-state index contributed by atoms with van der Waals surface area (Å²) in [7, 11) is -3.05. The van der Waals surface area contributed by atoms with Crippen molar-refractivity contribution in [1.29, 1.82) is 0 Å². The highest BCUT2D eigenvalue weighted by Gasteiger charge is 2.66. The van der Waals surface area contributed by atoms with Gasteiger partial charge in [-0.2, -0.15) is 0 Å². The molecule has 2 N–H and O–H groups in total. The van der Waals surface area contributed by atoms with E-state index in [9.17, 15) is 19.5 Å². The van der Waals surface area contributed by atoms with Gasteiger partial charge in [-0.1, -0.05) is 73.1 Å². The molecule has 4 aromatic rings. The van der Waals surface area contributed by atoms with Gasteiger partial charge in [-0.05, 0) is 84.6 Å². The highest BCUT2D eigenvalue weighted by atomic mass is 35.5. The van der Waals surface area contributed by atoms with E-state index >= 15 is 4.79 Å². The summed E-state index contributed by atoms with van der Waals surface area (Å²) in [4.78, 5) is 59.5. The van der Waals surface area contributed by atoms with Crippen molar-refractivity contribution in [2.24, 2.45) is 5.92 Å². The van der Waals surface area contributed by atoms with Crippen molar-refractivity contribution >= 4 is 54.7 Å². The zero-order valence-electron chi connectivity index (χ0n) is 30.2. The van der Waals surface area contributed by atoms with Gasteiger partial charge in [0.1, 0.15) is 0 Å². The maximum atomic E-state index is 15.1. The summed E-state index contributed by atoms with van der Waals surface area (Å²) in [5, 5.41) is 10.8. The van der Waals surface area contributed by atoms with Crippen molar-refractivity contribution in [2.45, 2.75) is 82.1 Å². The first-order chi connectivity index (χ1) is 25.4. The maximum Gasteiger partial charge on any atom is 0.264 e. The van der Waals surface area contributed by atoms with E-state index in [2.05, 4.69) is 0 Å². The fourth-order valence-corrected chi connectivity index (χ4v) is 12.2. The molecule has 4 aromatic carbocycles. The minimum absolute atomic E-state index is 0.0201. The van der Waals surface area contributed by atoms with Crippen LogP contribution in [-0.2, 0) is 50.7 Å². The largest absolute Gasteiger partial charge is 0.432 e. The Labute approximate surface area is 315 Å². The van der Waals surface area contributed by atoms with Gasteiger partial charge in [-0.15, -0.1) is 0 Å². The number of hydrogen-bond donors (Lipinski definition) is 2. The Morgan fingerprint density at radius 2 is 1.66 bits per heavy atom. The summed E-state index contributed by atoms with van der Waals surface area (Å²) in [6.45, 7) is 6.03. The first-order valence-corrected chi connectivity index (χ1v) is 21.8. The van der Waals surface area contributed by atoms with Crippen LogP contribution in [0.5, 0.6) is 0 Å². The molecule has 1 spiro atoms. The number of para-hydroxylation sites is 1. The molecule has 53 heavy (non-hydrogen) atoms. The van der Waals surface area contributed by atoms with Gasteiger partial charge in [0, 0.05) is 40.7 Å². The van der Waals surface area contributed by atoms with Gasteiger partial charge >= 0.3 is 0 Å². The zero-order valence-corrected chi connectivity index (χ0v) is 31.9. The molecule has 8 rings (SSSR count). The average Bonchev–Trinajstić information content (AvgIpc) is 3.56. The third-order valence-electron chi connectivity index (χ3n) is 11.8. The predicted octanol–water partition coefficient (Wildman–Crippen LogP) is 6.63.